The van der Waals surface area contributed by atoms with E-state index in [1.54, 1.807) is 0 Å². The summed E-state index contributed by atoms with van der Waals surface area (Å²) >= 11 is 0. The number of fused-ring (bicyclic) bond motifs is 2. The number of ketones is 1. The molecule has 4 heteroatoms. The Morgan fingerprint density at radius 2 is 1.62 bits per heavy atom. The Morgan fingerprint density at radius 3 is 2.31 bits per heavy atom. The molecule has 134 valence electrons. The van der Waals surface area contributed by atoms with E-state index in [0.29, 0.717) is 6.42 Å². The fourth-order valence-electron chi connectivity index (χ4n) is 4.26. The molecule has 2 saturated heterocycles. The Kier molecular flexibility index (Phi) is 4.85. The topological polar surface area (TPSA) is 46.6 Å². The number of Topliss-reactive ketones (excluding diaryl/α,β-unsaturated/α-hetero) is 1. The molecular formula is C22H23NO3. The molecule has 4 rings (SSSR count). The summed E-state index contributed by atoms with van der Waals surface area (Å²) in [5, 5.41) is 0. The second-order valence-corrected chi connectivity index (χ2v) is 7.20. The van der Waals surface area contributed by atoms with Gasteiger partial charge in [-0.05, 0) is 24.0 Å². The van der Waals surface area contributed by atoms with E-state index in [1.165, 1.54) is 5.56 Å². The standard InChI is InChI=1S/C22H23NO3/c24-20-13-18-11-12-19(23(18)14-16-7-3-1-4-8-16)21(20)22(25)26-15-17-9-5-2-6-10-17/h1-10,18-19,21H,11-15H2. The molecule has 0 aliphatic carbocycles. The molecule has 2 aliphatic heterocycles. The van der Waals surface area contributed by atoms with Crippen LogP contribution in [0.2, 0.25) is 0 Å². The van der Waals surface area contributed by atoms with Crippen LogP contribution < -0.4 is 0 Å². The van der Waals surface area contributed by atoms with Gasteiger partial charge in [-0.3, -0.25) is 14.5 Å². The van der Waals surface area contributed by atoms with Crippen LogP contribution in [0.5, 0.6) is 0 Å². The molecular weight excluding hydrogens is 326 g/mol. The fourth-order valence-corrected chi connectivity index (χ4v) is 4.26. The molecule has 0 spiro atoms. The molecule has 26 heavy (non-hydrogen) atoms. The zero-order valence-electron chi connectivity index (χ0n) is 14.7. The van der Waals surface area contributed by atoms with E-state index in [2.05, 4.69) is 17.0 Å². The third-order valence-corrected chi connectivity index (χ3v) is 5.54. The van der Waals surface area contributed by atoms with Crippen molar-refractivity contribution >= 4 is 11.8 Å². The Balaban J connectivity index is 1.46. The van der Waals surface area contributed by atoms with E-state index in [9.17, 15) is 9.59 Å². The van der Waals surface area contributed by atoms with Crippen molar-refractivity contribution in [1.29, 1.82) is 0 Å². The number of carbonyl (C=O) groups is 2. The molecule has 3 atom stereocenters. The number of rotatable bonds is 5. The number of nitrogens with zero attached hydrogens (tertiary/aromatic N) is 1. The maximum Gasteiger partial charge on any atom is 0.318 e. The lowest BCUT2D eigenvalue weighted by Gasteiger charge is -2.38. The molecule has 2 heterocycles. The maximum absolute atomic E-state index is 12.7. The second-order valence-electron chi connectivity index (χ2n) is 7.20. The first-order chi connectivity index (χ1) is 12.7. The van der Waals surface area contributed by atoms with Gasteiger partial charge in [0.25, 0.3) is 0 Å². The zero-order valence-corrected chi connectivity index (χ0v) is 14.7. The quantitative estimate of drug-likeness (QED) is 0.613. The number of ether oxygens (including phenoxy) is 1. The predicted molar refractivity (Wildman–Crippen MR) is 98.1 cm³/mol. The van der Waals surface area contributed by atoms with Crippen molar-refractivity contribution in [3.63, 3.8) is 0 Å². The summed E-state index contributed by atoms with van der Waals surface area (Å²) in [7, 11) is 0. The summed E-state index contributed by atoms with van der Waals surface area (Å²) in [6, 6.07) is 20.1. The molecule has 0 amide bonds. The summed E-state index contributed by atoms with van der Waals surface area (Å²) in [6.45, 7) is 1.00. The van der Waals surface area contributed by atoms with Crippen LogP contribution in [-0.2, 0) is 27.5 Å². The van der Waals surface area contributed by atoms with Crippen LogP contribution in [0.25, 0.3) is 0 Å². The van der Waals surface area contributed by atoms with Crippen molar-refractivity contribution in [2.24, 2.45) is 5.92 Å². The van der Waals surface area contributed by atoms with Gasteiger partial charge in [0, 0.05) is 25.0 Å². The van der Waals surface area contributed by atoms with Crippen molar-refractivity contribution in [2.75, 3.05) is 0 Å². The first-order valence-corrected chi connectivity index (χ1v) is 9.25. The number of benzene rings is 2. The van der Waals surface area contributed by atoms with Crippen LogP contribution in [0, 0.1) is 5.92 Å². The molecule has 0 saturated carbocycles. The first kappa shape index (κ1) is 17.0. The van der Waals surface area contributed by atoms with Gasteiger partial charge in [0.2, 0.25) is 0 Å². The average Bonchev–Trinajstić information content (AvgIpc) is 2.94. The number of esters is 1. The first-order valence-electron chi connectivity index (χ1n) is 9.25. The Bertz CT molecular complexity index is 774. The zero-order chi connectivity index (χ0) is 17.9. The molecule has 2 fully saturated rings. The van der Waals surface area contributed by atoms with Gasteiger partial charge in [-0.1, -0.05) is 60.7 Å². The summed E-state index contributed by atoms with van der Waals surface area (Å²) in [5.74, 6) is -0.983. The average molecular weight is 349 g/mol. The number of hydrogen-bond acceptors (Lipinski definition) is 4. The van der Waals surface area contributed by atoms with Crippen molar-refractivity contribution in [1.82, 2.24) is 4.90 Å². The Morgan fingerprint density at radius 1 is 0.962 bits per heavy atom. The SMILES string of the molecule is O=C1CC2CCC(C1C(=O)OCc1ccccc1)N2Cc1ccccc1. The minimum Gasteiger partial charge on any atom is -0.460 e. The normalized spacial score (nSPS) is 25.2. The summed E-state index contributed by atoms with van der Waals surface area (Å²) in [5.41, 5.74) is 2.16. The molecule has 2 aliphatic rings. The lowest BCUT2D eigenvalue weighted by atomic mass is 9.88. The van der Waals surface area contributed by atoms with Crippen molar-refractivity contribution in [3.8, 4) is 0 Å². The summed E-state index contributed by atoms with van der Waals surface area (Å²) in [4.78, 5) is 27.6. The highest BCUT2D eigenvalue weighted by atomic mass is 16.5. The van der Waals surface area contributed by atoms with Gasteiger partial charge >= 0.3 is 5.97 Å². The number of hydrogen-bond donors (Lipinski definition) is 0. The van der Waals surface area contributed by atoms with E-state index >= 15 is 0 Å². The highest BCUT2D eigenvalue weighted by Gasteiger charge is 2.50. The monoisotopic (exact) mass is 349 g/mol. The van der Waals surface area contributed by atoms with Crippen molar-refractivity contribution < 1.29 is 14.3 Å². The molecule has 4 nitrogen and oxygen atoms in total. The van der Waals surface area contributed by atoms with Gasteiger partial charge in [-0.25, -0.2) is 0 Å². The minimum absolute atomic E-state index is 0.0373. The van der Waals surface area contributed by atoms with Crippen LogP contribution in [0.1, 0.15) is 30.4 Å². The summed E-state index contributed by atoms with van der Waals surface area (Å²) in [6.07, 6.45) is 2.31. The van der Waals surface area contributed by atoms with E-state index in [0.717, 1.165) is 24.9 Å². The smallest absolute Gasteiger partial charge is 0.318 e. The van der Waals surface area contributed by atoms with Crippen LogP contribution in [0.15, 0.2) is 60.7 Å². The summed E-state index contributed by atoms with van der Waals surface area (Å²) < 4.78 is 5.50. The lowest BCUT2D eigenvalue weighted by molar-refractivity contribution is -0.158. The van der Waals surface area contributed by atoms with Gasteiger partial charge in [0.05, 0.1) is 0 Å². The highest BCUT2D eigenvalue weighted by Crippen LogP contribution is 2.39. The molecule has 0 aromatic heterocycles. The molecule has 0 radical (unpaired) electrons. The van der Waals surface area contributed by atoms with Gasteiger partial charge < -0.3 is 4.74 Å². The number of piperidine rings is 1. The van der Waals surface area contributed by atoms with Crippen molar-refractivity contribution in [3.05, 3.63) is 71.8 Å². The highest BCUT2D eigenvalue weighted by molar-refractivity contribution is 6.01. The van der Waals surface area contributed by atoms with E-state index in [4.69, 9.17) is 4.74 Å². The molecule has 2 bridgehead atoms. The van der Waals surface area contributed by atoms with Crippen molar-refractivity contribution in [2.45, 2.75) is 44.5 Å². The third kappa shape index (κ3) is 3.42. The molecule has 3 unspecified atom stereocenters. The lowest BCUT2D eigenvalue weighted by Crippen LogP contribution is -2.51. The van der Waals surface area contributed by atoms with E-state index in [-0.39, 0.29) is 30.4 Å². The van der Waals surface area contributed by atoms with Crippen LogP contribution in [0.4, 0.5) is 0 Å². The van der Waals surface area contributed by atoms with Crippen LogP contribution in [0.3, 0.4) is 0 Å². The molecule has 0 N–H and O–H groups in total. The van der Waals surface area contributed by atoms with Gasteiger partial charge in [0.15, 0.2) is 0 Å². The van der Waals surface area contributed by atoms with Gasteiger partial charge in [0.1, 0.15) is 18.3 Å². The van der Waals surface area contributed by atoms with E-state index < -0.39 is 5.92 Å². The fraction of sp³-hybridized carbons (Fsp3) is 0.364. The molecule has 2 aromatic rings. The van der Waals surface area contributed by atoms with Gasteiger partial charge in [-0.2, -0.15) is 0 Å². The largest absolute Gasteiger partial charge is 0.460 e. The minimum atomic E-state index is -0.652. The van der Waals surface area contributed by atoms with Gasteiger partial charge in [-0.15, -0.1) is 0 Å². The third-order valence-electron chi connectivity index (χ3n) is 5.54. The number of carbonyl (C=O) groups excluding carboxylic acids is 2. The Labute approximate surface area is 153 Å². The van der Waals surface area contributed by atoms with E-state index in [1.807, 2.05) is 48.5 Å². The maximum atomic E-state index is 12.7. The van der Waals surface area contributed by atoms with Crippen LogP contribution in [-0.4, -0.2) is 28.7 Å². The van der Waals surface area contributed by atoms with Crippen LogP contribution >= 0.6 is 0 Å². The second kappa shape index (κ2) is 7.42. The molecule has 2 aromatic carbocycles. The Hall–Kier alpha value is -2.46. The predicted octanol–water partition coefficient (Wildman–Crippen LogP) is 3.35.